The molecule has 6 aromatic rings. The lowest BCUT2D eigenvalue weighted by Gasteiger charge is -2.23. The maximum Gasteiger partial charge on any atom is 0.132 e. The summed E-state index contributed by atoms with van der Waals surface area (Å²) in [7, 11) is 0. The summed E-state index contributed by atoms with van der Waals surface area (Å²) in [5, 5.41) is 0. The number of rotatable bonds is 14. The van der Waals surface area contributed by atoms with Crippen LogP contribution in [0.1, 0.15) is 108 Å². The van der Waals surface area contributed by atoms with Crippen LogP contribution in [0.3, 0.4) is 0 Å². The van der Waals surface area contributed by atoms with Gasteiger partial charge in [0.05, 0.1) is 11.7 Å². The number of aryl methyl sites for hydroxylation is 2. The summed E-state index contributed by atoms with van der Waals surface area (Å²) in [5.74, 6) is 0.676. The van der Waals surface area contributed by atoms with Gasteiger partial charge in [-0.15, -0.1) is 11.3 Å². The maximum atomic E-state index is 15.3. The Kier molecular flexibility index (Phi) is 10.4. The molecule has 2 aromatic heterocycles. The predicted molar refractivity (Wildman–Crippen MR) is 214 cm³/mol. The Labute approximate surface area is 306 Å². The fourth-order valence-corrected chi connectivity index (χ4v) is 9.58. The van der Waals surface area contributed by atoms with E-state index in [0.717, 1.165) is 62.7 Å². The third kappa shape index (κ3) is 6.72. The van der Waals surface area contributed by atoms with E-state index in [9.17, 15) is 0 Å². The smallest absolute Gasteiger partial charge is 0.132 e. The van der Waals surface area contributed by atoms with Crippen LogP contribution in [0.15, 0.2) is 78.9 Å². The Balaban J connectivity index is 1.15. The number of unbranched alkanes of at least 4 members (excludes halogenated alkanes) is 3. The van der Waals surface area contributed by atoms with Crippen molar-refractivity contribution in [3.8, 4) is 43.1 Å². The number of nitrogens with zero attached hydrogens (tertiary/aromatic N) is 2. The minimum atomic E-state index is -0.145. The number of aromatic nitrogens is 2. The lowest BCUT2D eigenvalue weighted by molar-refractivity contribution is 0.422. The average Bonchev–Trinajstić information content (AvgIpc) is 3.86. The van der Waals surface area contributed by atoms with E-state index in [0.29, 0.717) is 5.56 Å². The molecule has 4 aromatic carbocycles. The van der Waals surface area contributed by atoms with Gasteiger partial charge in [0.1, 0.15) is 16.9 Å². The summed E-state index contributed by atoms with van der Waals surface area (Å²) in [4.78, 5) is 2.01. The molecule has 0 N–H and O–H groups in total. The van der Waals surface area contributed by atoms with Gasteiger partial charge in [-0.2, -0.15) is 8.75 Å². The summed E-state index contributed by atoms with van der Waals surface area (Å²) in [5.41, 5.74) is 13.8. The summed E-state index contributed by atoms with van der Waals surface area (Å²) >= 11 is 2.88. The van der Waals surface area contributed by atoms with Crippen LogP contribution in [0.25, 0.3) is 54.2 Å². The predicted octanol–water partition coefficient (Wildman–Crippen LogP) is 14.1. The maximum absolute atomic E-state index is 15.3. The first-order valence-corrected chi connectivity index (χ1v) is 20.3. The number of hydrogen-bond donors (Lipinski definition) is 0. The fourth-order valence-electron chi connectivity index (χ4n) is 7.94. The molecule has 258 valence electrons. The highest BCUT2D eigenvalue weighted by atomic mass is 32.1. The summed E-state index contributed by atoms with van der Waals surface area (Å²) < 4.78 is 24.9. The number of fused-ring (bicyclic) bond motifs is 4. The van der Waals surface area contributed by atoms with Crippen LogP contribution in [0, 0.1) is 11.7 Å². The Morgan fingerprint density at radius 2 is 1.24 bits per heavy atom. The highest BCUT2D eigenvalue weighted by molar-refractivity contribution is 7.19. The number of thiophene rings is 1. The van der Waals surface area contributed by atoms with E-state index in [1.54, 1.807) is 17.4 Å². The summed E-state index contributed by atoms with van der Waals surface area (Å²) in [6, 6.07) is 28.4. The molecule has 0 radical (unpaired) electrons. The zero-order valence-corrected chi connectivity index (χ0v) is 31.9. The van der Waals surface area contributed by atoms with Gasteiger partial charge in [0, 0.05) is 31.9 Å². The van der Waals surface area contributed by atoms with Crippen molar-refractivity contribution >= 4 is 34.1 Å². The molecular formula is C45H49FN2S2. The van der Waals surface area contributed by atoms with Crippen LogP contribution < -0.4 is 0 Å². The molecule has 0 saturated carbocycles. The Bertz CT molecular complexity index is 2120. The molecule has 0 spiro atoms. The molecule has 5 heteroatoms. The molecule has 1 atom stereocenters. The van der Waals surface area contributed by atoms with E-state index in [1.807, 2.05) is 12.1 Å². The fraction of sp³-hybridized carbons (Fsp3) is 0.378. The van der Waals surface area contributed by atoms with Gasteiger partial charge in [0.25, 0.3) is 0 Å². The molecule has 2 heterocycles. The third-order valence-corrected chi connectivity index (χ3v) is 12.8. The largest absolute Gasteiger partial charge is 0.206 e. The quantitative estimate of drug-likeness (QED) is 0.106. The zero-order valence-electron chi connectivity index (χ0n) is 30.2. The van der Waals surface area contributed by atoms with Crippen LogP contribution in [0.5, 0.6) is 0 Å². The highest BCUT2D eigenvalue weighted by Gasteiger charge is 2.36. The first-order chi connectivity index (χ1) is 24.3. The van der Waals surface area contributed by atoms with Crippen molar-refractivity contribution in [2.45, 2.75) is 104 Å². The molecule has 7 rings (SSSR count). The van der Waals surface area contributed by atoms with E-state index in [2.05, 4.69) is 95.3 Å². The molecule has 0 fully saturated rings. The third-order valence-electron chi connectivity index (χ3n) is 11.1. The molecule has 0 aliphatic heterocycles. The molecule has 1 aliphatic rings. The number of hydrogen-bond acceptors (Lipinski definition) is 4. The van der Waals surface area contributed by atoms with Crippen LogP contribution >= 0.6 is 23.1 Å². The molecule has 2 nitrogen and oxygen atoms in total. The lowest BCUT2D eigenvalue weighted by atomic mass is 9.80. The second-order valence-electron chi connectivity index (χ2n) is 14.8. The average molecular weight is 701 g/mol. The van der Waals surface area contributed by atoms with E-state index in [-0.39, 0.29) is 11.2 Å². The van der Waals surface area contributed by atoms with Crippen molar-refractivity contribution < 1.29 is 4.39 Å². The van der Waals surface area contributed by atoms with Crippen molar-refractivity contribution in [2.24, 2.45) is 5.92 Å². The molecule has 1 aliphatic carbocycles. The standard InChI is InChI=1S/C45H49FN2S2/c1-6-9-11-13-30-17-20-36(40(46)27-30)41-24-25-42(49-41)37-23-22-33(43-44(37)48-50-47-43)32-18-21-35-34-19-16-31(15-14-29(8-3)12-10-7-2)26-38(34)45(4,5)39(35)28-32/h16-29H,6-15H2,1-5H3. The van der Waals surface area contributed by atoms with Crippen LogP contribution in [-0.4, -0.2) is 8.75 Å². The second-order valence-corrected chi connectivity index (χ2v) is 16.4. The molecule has 0 amide bonds. The minimum absolute atomic E-state index is 0.0845. The van der Waals surface area contributed by atoms with E-state index >= 15 is 4.39 Å². The van der Waals surface area contributed by atoms with Gasteiger partial charge in [0.15, 0.2) is 0 Å². The Morgan fingerprint density at radius 3 is 1.96 bits per heavy atom. The van der Waals surface area contributed by atoms with Crippen molar-refractivity contribution in [1.29, 1.82) is 0 Å². The van der Waals surface area contributed by atoms with E-state index in [4.69, 9.17) is 8.75 Å². The van der Waals surface area contributed by atoms with Crippen molar-refractivity contribution in [3.63, 3.8) is 0 Å². The van der Waals surface area contributed by atoms with E-state index < -0.39 is 0 Å². The van der Waals surface area contributed by atoms with Gasteiger partial charge in [-0.3, -0.25) is 0 Å². The van der Waals surface area contributed by atoms with Gasteiger partial charge >= 0.3 is 0 Å². The SMILES string of the molecule is CCCCCc1ccc(-c2ccc(-c3ccc(-c4ccc5c(c4)C(C)(C)c4cc(CCC(CC)CCCC)ccc4-5)c4nsnc34)s2)c(F)c1. The van der Waals surface area contributed by atoms with Crippen LogP contribution in [0.4, 0.5) is 4.39 Å². The van der Waals surface area contributed by atoms with Crippen LogP contribution in [-0.2, 0) is 18.3 Å². The molecule has 0 bridgehead atoms. The normalized spacial score (nSPS) is 13.9. The minimum Gasteiger partial charge on any atom is -0.206 e. The molecular weight excluding hydrogens is 652 g/mol. The van der Waals surface area contributed by atoms with Crippen molar-refractivity contribution in [1.82, 2.24) is 8.75 Å². The molecule has 1 unspecified atom stereocenters. The van der Waals surface area contributed by atoms with Gasteiger partial charge in [0.2, 0.25) is 0 Å². The van der Waals surface area contributed by atoms with Gasteiger partial charge in [-0.1, -0.05) is 128 Å². The Hall–Kier alpha value is -3.67. The first kappa shape index (κ1) is 34.8. The zero-order chi connectivity index (χ0) is 34.8. The number of halogens is 1. The topological polar surface area (TPSA) is 25.8 Å². The lowest BCUT2D eigenvalue weighted by Crippen LogP contribution is -2.15. The number of benzene rings is 4. The summed E-state index contributed by atoms with van der Waals surface area (Å²) in [6.07, 6.45) is 12.0. The van der Waals surface area contributed by atoms with E-state index in [1.165, 1.54) is 90.1 Å². The summed E-state index contributed by atoms with van der Waals surface area (Å²) in [6.45, 7) is 11.6. The van der Waals surface area contributed by atoms with Crippen molar-refractivity contribution in [2.75, 3.05) is 0 Å². The first-order valence-electron chi connectivity index (χ1n) is 18.7. The van der Waals surface area contributed by atoms with Gasteiger partial charge in [-0.05, 0) is 94.8 Å². The monoisotopic (exact) mass is 700 g/mol. The van der Waals surface area contributed by atoms with Gasteiger partial charge < -0.3 is 0 Å². The second kappa shape index (κ2) is 14.9. The molecule has 50 heavy (non-hydrogen) atoms. The Morgan fingerprint density at radius 1 is 0.620 bits per heavy atom. The van der Waals surface area contributed by atoms with Crippen LogP contribution in [0.2, 0.25) is 0 Å². The molecule has 0 saturated heterocycles. The van der Waals surface area contributed by atoms with Gasteiger partial charge in [-0.25, -0.2) is 4.39 Å². The highest BCUT2D eigenvalue weighted by Crippen LogP contribution is 2.50. The van der Waals surface area contributed by atoms with Crippen molar-refractivity contribution in [3.05, 3.63) is 107 Å².